The van der Waals surface area contributed by atoms with E-state index < -0.39 is 16.0 Å². The van der Waals surface area contributed by atoms with E-state index in [4.69, 9.17) is 4.74 Å². The third-order valence-electron chi connectivity index (χ3n) is 3.16. The zero-order chi connectivity index (χ0) is 15.9. The lowest BCUT2D eigenvalue weighted by molar-refractivity contribution is 0.0499. The van der Waals surface area contributed by atoms with Crippen LogP contribution in [0.15, 0.2) is 29.2 Å². The number of carbonyl (C=O) groups is 1. The van der Waals surface area contributed by atoms with E-state index in [9.17, 15) is 13.2 Å². The fraction of sp³-hybridized carbons (Fsp3) is 0.533. The summed E-state index contributed by atoms with van der Waals surface area (Å²) in [5.74, 6) is -0.421. The van der Waals surface area contributed by atoms with Gasteiger partial charge in [0.2, 0.25) is 10.0 Å². The van der Waals surface area contributed by atoms with Gasteiger partial charge in [-0.1, -0.05) is 27.2 Å². The van der Waals surface area contributed by atoms with Crippen LogP contribution in [-0.2, 0) is 14.8 Å². The van der Waals surface area contributed by atoms with Crippen LogP contribution in [0.4, 0.5) is 0 Å². The maximum atomic E-state index is 12.3. The van der Waals surface area contributed by atoms with Crippen molar-refractivity contribution in [2.75, 3.05) is 19.7 Å². The number of ether oxygens (including phenoxy) is 1. The summed E-state index contributed by atoms with van der Waals surface area (Å²) in [7, 11) is -3.48. The molecule has 0 saturated heterocycles. The monoisotopic (exact) mass is 313 g/mol. The van der Waals surface area contributed by atoms with Crippen LogP contribution in [0.1, 0.15) is 44.0 Å². The van der Waals surface area contributed by atoms with Gasteiger partial charge in [-0.2, -0.15) is 4.31 Å². The van der Waals surface area contributed by atoms with Gasteiger partial charge >= 0.3 is 5.97 Å². The van der Waals surface area contributed by atoms with Crippen LogP contribution in [0.3, 0.4) is 0 Å². The van der Waals surface area contributed by atoms with Crippen molar-refractivity contribution in [3.05, 3.63) is 29.8 Å². The molecule has 0 heterocycles. The molecule has 0 fully saturated rings. The van der Waals surface area contributed by atoms with Crippen molar-refractivity contribution in [3.63, 3.8) is 0 Å². The van der Waals surface area contributed by atoms with Gasteiger partial charge in [0.1, 0.15) is 0 Å². The van der Waals surface area contributed by atoms with Crippen LogP contribution >= 0.6 is 0 Å². The van der Waals surface area contributed by atoms with Crippen molar-refractivity contribution in [2.24, 2.45) is 0 Å². The molecule has 0 atom stereocenters. The van der Waals surface area contributed by atoms with Crippen LogP contribution in [0, 0.1) is 0 Å². The largest absolute Gasteiger partial charge is 0.462 e. The SMILES string of the molecule is CCCCOC(=O)c1ccc(S(=O)(=O)N(CC)CC)cc1. The van der Waals surface area contributed by atoms with Crippen molar-refractivity contribution in [3.8, 4) is 0 Å². The number of unbranched alkanes of at least 4 members (excludes halogenated alkanes) is 1. The Labute approximate surface area is 127 Å². The van der Waals surface area contributed by atoms with Crippen LogP contribution in [0.2, 0.25) is 0 Å². The number of esters is 1. The van der Waals surface area contributed by atoms with E-state index >= 15 is 0 Å². The van der Waals surface area contributed by atoms with Crippen LogP contribution in [0.25, 0.3) is 0 Å². The second-order valence-electron chi connectivity index (χ2n) is 4.60. The predicted molar refractivity (Wildman–Crippen MR) is 81.7 cm³/mol. The molecule has 0 saturated carbocycles. The van der Waals surface area contributed by atoms with E-state index in [0.717, 1.165) is 12.8 Å². The van der Waals surface area contributed by atoms with E-state index in [1.807, 2.05) is 6.92 Å². The third kappa shape index (κ3) is 4.54. The standard InChI is InChI=1S/C15H23NO4S/c1-4-7-12-20-15(17)13-8-10-14(11-9-13)21(18,19)16(5-2)6-3/h8-11H,4-7,12H2,1-3H3. The molecule has 1 aromatic rings. The van der Waals surface area contributed by atoms with Crippen molar-refractivity contribution in [2.45, 2.75) is 38.5 Å². The highest BCUT2D eigenvalue weighted by atomic mass is 32.2. The highest BCUT2D eigenvalue weighted by Crippen LogP contribution is 2.16. The summed E-state index contributed by atoms with van der Waals surface area (Å²) >= 11 is 0. The zero-order valence-electron chi connectivity index (χ0n) is 12.8. The molecular formula is C15H23NO4S. The van der Waals surface area contributed by atoms with Gasteiger partial charge in [-0.25, -0.2) is 13.2 Å². The minimum Gasteiger partial charge on any atom is -0.462 e. The summed E-state index contributed by atoms with van der Waals surface area (Å²) in [6, 6.07) is 5.88. The molecule has 0 aliphatic rings. The van der Waals surface area contributed by atoms with Crippen molar-refractivity contribution in [1.29, 1.82) is 0 Å². The molecule has 0 N–H and O–H groups in total. The van der Waals surface area contributed by atoms with Crippen molar-refractivity contribution in [1.82, 2.24) is 4.31 Å². The number of hydrogen-bond donors (Lipinski definition) is 0. The molecule has 0 aliphatic heterocycles. The first kappa shape index (κ1) is 17.7. The maximum absolute atomic E-state index is 12.3. The van der Waals surface area contributed by atoms with Gasteiger partial charge in [0.05, 0.1) is 17.1 Å². The fourth-order valence-electron chi connectivity index (χ4n) is 1.87. The molecule has 6 heteroatoms. The molecule has 0 unspecified atom stereocenters. The molecule has 5 nitrogen and oxygen atoms in total. The molecule has 1 aromatic carbocycles. The smallest absolute Gasteiger partial charge is 0.338 e. The first-order chi connectivity index (χ1) is 9.97. The van der Waals surface area contributed by atoms with Crippen molar-refractivity contribution >= 4 is 16.0 Å². The van der Waals surface area contributed by atoms with Gasteiger partial charge in [-0.05, 0) is 30.7 Å². The number of benzene rings is 1. The number of rotatable bonds is 8. The average molecular weight is 313 g/mol. The van der Waals surface area contributed by atoms with Gasteiger partial charge in [-0.3, -0.25) is 0 Å². The van der Waals surface area contributed by atoms with Gasteiger partial charge in [-0.15, -0.1) is 0 Å². The lowest BCUT2D eigenvalue weighted by Crippen LogP contribution is -2.30. The molecule has 0 amide bonds. The molecule has 21 heavy (non-hydrogen) atoms. The number of nitrogens with zero attached hydrogens (tertiary/aromatic N) is 1. The summed E-state index contributed by atoms with van der Waals surface area (Å²) in [6.07, 6.45) is 1.77. The maximum Gasteiger partial charge on any atom is 0.338 e. The Kier molecular flexibility index (Phi) is 6.84. The highest BCUT2D eigenvalue weighted by Gasteiger charge is 2.21. The molecule has 0 spiro atoms. The van der Waals surface area contributed by atoms with E-state index in [0.29, 0.717) is 25.3 Å². The molecule has 1 rings (SSSR count). The molecule has 0 bridgehead atoms. The zero-order valence-corrected chi connectivity index (χ0v) is 13.6. The van der Waals surface area contributed by atoms with Gasteiger partial charge in [0, 0.05) is 13.1 Å². The van der Waals surface area contributed by atoms with E-state index in [1.165, 1.54) is 28.6 Å². The lowest BCUT2D eigenvalue weighted by atomic mass is 10.2. The normalized spacial score (nSPS) is 11.6. The summed E-state index contributed by atoms with van der Waals surface area (Å²) in [4.78, 5) is 11.9. The molecule has 118 valence electrons. The first-order valence-corrected chi connectivity index (χ1v) is 8.68. The van der Waals surface area contributed by atoms with E-state index in [-0.39, 0.29) is 4.90 Å². The van der Waals surface area contributed by atoms with Gasteiger partial charge in [0.15, 0.2) is 0 Å². The summed E-state index contributed by atoms with van der Waals surface area (Å²) < 4.78 is 31.1. The Morgan fingerprint density at radius 2 is 1.67 bits per heavy atom. The Morgan fingerprint density at radius 1 is 1.10 bits per heavy atom. The minimum atomic E-state index is -3.48. The van der Waals surface area contributed by atoms with Crippen LogP contribution < -0.4 is 0 Å². The van der Waals surface area contributed by atoms with E-state index in [2.05, 4.69) is 0 Å². The molecule has 0 aliphatic carbocycles. The predicted octanol–water partition coefficient (Wildman–Crippen LogP) is 2.67. The van der Waals surface area contributed by atoms with Crippen LogP contribution in [0.5, 0.6) is 0 Å². The van der Waals surface area contributed by atoms with Crippen LogP contribution in [-0.4, -0.2) is 38.4 Å². The summed E-state index contributed by atoms with van der Waals surface area (Å²) in [5.41, 5.74) is 0.365. The quantitative estimate of drug-likeness (QED) is 0.547. The molecule has 0 aromatic heterocycles. The fourth-order valence-corrected chi connectivity index (χ4v) is 3.33. The molecular weight excluding hydrogens is 290 g/mol. The number of sulfonamides is 1. The minimum absolute atomic E-state index is 0.191. The second-order valence-corrected chi connectivity index (χ2v) is 6.54. The summed E-state index contributed by atoms with van der Waals surface area (Å²) in [6.45, 7) is 6.82. The van der Waals surface area contributed by atoms with Gasteiger partial charge in [0.25, 0.3) is 0 Å². The second kappa shape index (κ2) is 8.14. The average Bonchev–Trinajstić information content (AvgIpc) is 2.48. The highest BCUT2D eigenvalue weighted by molar-refractivity contribution is 7.89. The van der Waals surface area contributed by atoms with E-state index in [1.54, 1.807) is 13.8 Å². The summed E-state index contributed by atoms with van der Waals surface area (Å²) in [5, 5.41) is 0. The Bertz CT molecular complexity index is 548. The van der Waals surface area contributed by atoms with Gasteiger partial charge < -0.3 is 4.74 Å². The Balaban J connectivity index is 2.85. The third-order valence-corrected chi connectivity index (χ3v) is 5.23. The Hall–Kier alpha value is -1.40. The molecule has 0 radical (unpaired) electrons. The van der Waals surface area contributed by atoms with Crippen molar-refractivity contribution < 1.29 is 17.9 Å². The number of carbonyl (C=O) groups excluding carboxylic acids is 1. The topological polar surface area (TPSA) is 63.7 Å². The first-order valence-electron chi connectivity index (χ1n) is 7.24. The number of hydrogen-bond acceptors (Lipinski definition) is 4. The Morgan fingerprint density at radius 3 is 2.14 bits per heavy atom. The lowest BCUT2D eigenvalue weighted by Gasteiger charge is -2.18.